The number of rotatable bonds is 6. The molecular weight excluding hydrogens is 361 g/mol. The molecule has 2 unspecified atom stereocenters. The number of benzene rings is 1. The summed E-state index contributed by atoms with van der Waals surface area (Å²) < 4.78 is 39.4. The molecule has 0 saturated heterocycles. The van der Waals surface area contributed by atoms with E-state index >= 15 is 0 Å². The van der Waals surface area contributed by atoms with Gasteiger partial charge in [-0.05, 0) is 58.7 Å². The van der Waals surface area contributed by atoms with Gasteiger partial charge in [0.2, 0.25) is 0 Å². The Morgan fingerprint density at radius 3 is 2.65 bits per heavy atom. The molecule has 4 atom stereocenters. The highest BCUT2D eigenvalue weighted by Crippen LogP contribution is 2.32. The zero-order valence-corrected chi connectivity index (χ0v) is 16.3. The second-order valence-corrected chi connectivity index (χ2v) is 9.46. The van der Waals surface area contributed by atoms with Crippen LogP contribution in [0.5, 0.6) is 5.75 Å². The average Bonchev–Trinajstić information content (AvgIpc) is 2.94. The lowest BCUT2D eigenvalue weighted by molar-refractivity contribution is 0.0497. The number of ether oxygens (including phenoxy) is 2. The molecule has 8 heteroatoms. The first kappa shape index (κ1) is 20.8. The van der Waals surface area contributed by atoms with Gasteiger partial charge in [-0.3, -0.25) is 0 Å². The summed E-state index contributed by atoms with van der Waals surface area (Å²) in [6, 6.07) is 3.85. The van der Waals surface area contributed by atoms with Gasteiger partial charge in [-0.1, -0.05) is 0 Å². The Hall–Kier alpha value is -1.51. The number of nitrogens with one attached hydrogen (secondary N) is 1. The molecule has 1 fully saturated rings. The van der Waals surface area contributed by atoms with E-state index in [0.717, 1.165) is 0 Å². The van der Waals surface area contributed by atoms with Crippen LogP contribution in [0, 0.1) is 5.82 Å². The number of carboxylic acid groups (broad SMARTS) is 1. The van der Waals surface area contributed by atoms with Crippen molar-refractivity contribution in [1.82, 2.24) is 4.72 Å². The molecule has 0 amide bonds. The van der Waals surface area contributed by atoms with Crippen LogP contribution in [0.1, 0.15) is 58.6 Å². The van der Waals surface area contributed by atoms with Gasteiger partial charge in [0, 0.05) is 23.3 Å². The molecule has 0 aliphatic heterocycles. The van der Waals surface area contributed by atoms with Crippen LogP contribution in [0.15, 0.2) is 18.2 Å². The molecule has 26 heavy (non-hydrogen) atoms. The smallest absolute Gasteiger partial charge is 0.506 e. The number of hydrogen-bond donors (Lipinski definition) is 2. The van der Waals surface area contributed by atoms with Crippen molar-refractivity contribution in [3.8, 4) is 5.75 Å². The molecule has 6 nitrogen and oxygen atoms in total. The van der Waals surface area contributed by atoms with Crippen LogP contribution in [0.3, 0.4) is 0 Å². The number of carbonyl (C=O) groups is 1. The highest BCUT2D eigenvalue weighted by atomic mass is 32.2. The van der Waals surface area contributed by atoms with Gasteiger partial charge in [0.25, 0.3) is 0 Å². The van der Waals surface area contributed by atoms with Crippen molar-refractivity contribution < 1.29 is 28.3 Å². The largest absolute Gasteiger partial charge is 0.598 e. The van der Waals surface area contributed by atoms with Gasteiger partial charge in [0.05, 0.1) is 6.04 Å². The molecule has 1 aliphatic carbocycles. The molecule has 1 saturated carbocycles. The molecule has 1 aliphatic rings. The summed E-state index contributed by atoms with van der Waals surface area (Å²) in [5, 5.41) is 8.71. The molecule has 146 valence electrons. The second-order valence-electron chi connectivity index (χ2n) is 7.46. The molecule has 1 aromatic rings. The van der Waals surface area contributed by atoms with Crippen LogP contribution in [-0.2, 0) is 16.1 Å². The van der Waals surface area contributed by atoms with E-state index in [0.29, 0.717) is 30.6 Å². The fourth-order valence-corrected chi connectivity index (χ4v) is 3.60. The topological polar surface area (TPSA) is 90.9 Å². The van der Waals surface area contributed by atoms with Crippen molar-refractivity contribution >= 4 is 17.5 Å². The molecule has 0 heterocycles. The SMILES string of the molecule is CC(N[S+]([O-])C(C)(C)C)c1cc(F)ccc1O[C@H]1CC[C@@H](OC(=O)O)C1. The lowest BCUT2D eigenvalue weighted by atomic mass is 10.1. The standard InChI is InChI=1S/C18H26FNO5S/c1-11(20-26(23)18(2,3)4)15-9-12(19)5-8-16(15)24-13-6-7-14(10-13)25-17(21)22/h5,8-9,11,13-14,20H,6-7,10H2,1-4H3,(H,21,22)/t11?,13-,14+,26?/m0/s1. The summed E-state index contributed by atoms with van der Waals surface area (Å²) in [6.07, 6.45) is -0.173. The van der Waals surface area contributed by atoms with Crippen LogP contribution in [0.25, 0.3) is 0 Å². The van der Waals surface area contributed by atoms with Crippen LogP contribution in [0.2, 0.25) is 0 Å². The second kappa shape index (κ2) is 8.45. The van der Waals surface area contributed by atoms with E-state index in [1.807, 2.05) is 20.8 Å². The maximum absolute atomic E-state index is 13.8. The molecule has 0 spiro atoms. The predicted octanol–water partition coefficient (Wildman–Crippen LogP) is 3.93. The molecule has 1 aromatic carbocycles. The van der Waals surface area contributed by atoms with Crippen LogP contribution in [-0.4, -0.2) is 32.8 Å². The molecule has 0 radical (unpaired) electrons. The van der Waals surface area contributed by atoms with Crippen molar-refractivity contribution in [2.75, 3.05) is 0 Å². The summed E-state index contributed by atoms with van der Waals surface area (Å²) in [5.74, 6) is 0.0966. The summed E-state index contributed by atoms with van der Waals surface area (Å²) in [7, 11) is 0. The third kappa shape index (κ3) is 5.75. The van der Waals surface area contributed by atoms with Crippen molar-refractivity contribution in [1.29, 1.82) is 0 Å². The monoisotopic (exact) mass is 387 g/mol. The van der Waals surface area contributed by atoms with Gasteiger partial charge in [-0.15, -0.1) is 4.72 Å². The van der Waals surface area contributed by atoms with Crippen molar-refractivity contribution in [3.05, 3.63) is 29.6 Å². The maximum Gasteiger partial charge on any atom is 0.506 e. The minimum atomic E-state index is -1.31. The molecule has 2 N–H and O–H groups in total. The highest BCUT2D eigenvalue weighted by molar-refractivity contribution is 7.90. The fraction of sp³-hybridized carbons (Fsp3) is 0.611. The summed E-state index contributed by atoms with van der Waals surface area (Å²) in [6.45, 7) is 7.36. The van der Waals surface area contributed by atoms with Gasteiger partial charge >= 0.3 is 6.16 Å². The van der Waals surface area contributed by atoms with Crippen molar-refractivity contribution in [2.45, 2.75) is 70.0 Å². The van der Waals surface area contributed by atoms with Crippen LogP contribution in [0.4, 0.5) is 9.18 Å². The fourth-order valence-electron chi connectivity index (χ4n) is 2.80. The third-order valence-corrected chi connectivity index (χ3v) is 5.86. The summed E-state index contributed by atoms with van der Waals surface area (Å²) in [5.41, 5.74) is 0.574. The zero-order chi connectivity index (χ0) is 19.5. The Bertz CT molecular complexity index is 636. The lowest BCUT2D eigenvalue weighted by Crippen LogP contribution is -2.40. The van der Waals surface area contributed by atoms with E-state index in [-0.39, 0.29) is 18.2 Å². The van der Waals surface area contributed by atoms with E-state index in [9.17, 15) is 13.7 Å². The van der Waals surface area contributed by atoms with Gasteiger partial charge in [-0.25, -0.2) is 9.18 Å². The van der Waals surface area contributed by atoms with E-state index < -0.39 is 28.1 Å². The van der Waals surface area contributed by atoms with Gasteiger partial charge < -0.3 is 19.1 Å². The van der Waals surface area contributed by atoms with E-state index in [2.05, 4.69) is 4.72 Å². The minimum absolute atomic E-state index is 0.205. The first-order valence-corrected chi connectivity index (χ1v) is 9.75. The first-order valence-electron chi connectivity index (χ1n) is 8.60. The molecule has 0 aromatic heterocycles. The minimum Gasteiger partial charge on any atom is -0.598 e. The van der Waals surface area contributed by atoms with E-state index in [1.54, 1.807) is 13.0 Å². The predicted molar refractivity (Wildman–Crippen MR) is 97.0 cm³/mol. The Morgan fingerprint density at radius 2 is 2.04 bits per heavy atom. The first-order chi connectivity index (χ1) is 12.1. The highest BCUT2D eigenvalue weighted by Gasteiger charge is 2.32. The van der Waals surface area contributed by atoms with Gasteiger partial charge in [-0.2, -0.15) is 0 Å². The van der Waals surface area contributed by atoms with Crippen molar-refractivity contribution in [3.63, 3.8) is 0 Å². The normalized spacial score (nSPS) is 22.7. The zero-order valence-electron chi connectivity index (χ0n) is 15.5. The molecular formula is C18H26FNO5S. The van der Waals surface area contributed by atoms with Gasteiger partial charge in [0.1, 0.15) is 28.5 Å². The Labute approximate surface area is 156 Å². The lowest BCUT2D eigenvalue weighted by Gasteiger charge is -2.27. The summed E-state index contributed by atoms with van der Waals surface area (Å²) >= 11 is -1.31. The van der Waals surface area contributed by atoms with Crippen molar-refractivity contribution in [2.24, 2.45) is 0 Å². The average molecular weight is 387 g/mol. The Balaban J connectivity index is 2.09. The maximum atomic E-state index is 13.8. The number of hydrogen-bond acceptors (Lipinski definition) is 5. The summed E-state index contributed by atoms with van der Waals surface area (Å²) in [4.78, 5) is 10.6. The Morgan fingerprint density at radius 1 is 1.38 bits per heavy atom. The molecule has 0 bridgehead atoms. The third-order valence-electron chi connectivity index (χ3n) is 4.18. The van der Waals surface area contributed by atoms with E-state index in [4.69, 9.17) is 14.6 Å². The van der Waals surface area contributed by atoms with Gasteiger partial charge in [0.15, 0.2) is 0 Å². The Kier molecular flexibility index (Phi) is 6.76. The number of halogens is 1. The molecule has 2 rings (SSSR count). The quantitative estimate of drug-likeness (QED) is 0.568. The van der Waals surface area contributed by atoms with Crippen LogP contribution < -0.4 is 9.46 Å². The van der Waals surface area contributed by atoms with Crippen LogP contribution >= 0.6 is 0 Å². The van der Waals surface area contributed by atoms with E-state index in [1.165, 1.54) is 12.1 Å².